The van der Waals surface area contributed by atoms with E-state index in [9.17, 15) is 0 Å². The second kappa shape index (κ2) is 5.75. The summed E-state index contributed by atoms with van der Waals surface area (Å²) in [6.45, 7) is 9.07. The summed E-state index contributed by atoms with van der Waals surface area (Å²) >= 11 is 0. The molecule has 1 aliphatic carbocycles. The van der Waals surface area contributed by atoms with Gasteiger partial charge in [0.2, 0.25) is 0 Å². The molecule has 4 nitrogen and oxygen atoms in total. The van der Waals surface area contributed by atoms with E-state index < -0.39 is 0 Å². The number of hydrogen-bond acceptors (Lipinski definition) is 4. The van der Waals surface area contributed by atoms with Gasteiger partial charge in [0, 0.05) is 43.8 Å². The van der Waals surface area contributed by atoms with Gasteiger partial charge in [0.15, 0.2) is 0 Å². The average molecular weight is 289 g/mol. The number of nitrogens with zero attached hydrogens (tertiary/aromatic N) is 2. The van der Waals surface area contributed by atoms with Crippen LogP contribution in [0.1, 0.15) is 42.8 Å². The van der Waals surface area contributed by atoms with Crippen LogP contribution in [0.5, 0.6) is 0 Å². The van der Waals surface area contributed by atoms with E-state index in [0.717, 1.165) is 36.7 Å². The second-order valence-corrected chi connectivity index (χ2v) is 7.02. The van der Waals surface area contributed by atoms with Crippen LogP contribution in [0.25, 0.3) is 0 Å². The molecule has 1 aromatic rings. The molecule has 0 aromatic carbocycles. The third-order valence-electron chi connectivity index (χ3n) is 5.28. The number of nitrogens with one attached hydrogen (secondary N) is 1. The number of hydrogen-bond donors (Lipinski definition) is 1. The Hall–Kier alpha value is -0.840. The summed E-state index contributed by atoms with van der Waals surface area (Å²) in [6.07, 6.45) is 5.44. The van der Waals surface area contributed by atoms with Gasteiger partial charge in [-0.3, -0.25) is 9.80 Å². The minimum atomic E-state index is 0.745. The Labute approximate surface area is 127 Å². The Kier molecular flexibility index (Phi) is 3.78. The molecule has 0 radical (unpaired) electrons. The lowest BCUT2D eigenvalue weighted by atomic mass is 10.1. The molecule has 1 atom stereocenters. The molecule has 2 aliphatic heterocycles. The molecule has 21 heavy (non-hydrogen) atoms. The van der Waals surface area contributed by atoms with Gasteiger partial charge in [-0.05, 0) is 45.2 Å². The van der Waals surface area contributed by atoms with Crippen molar-refractivity contribution < 1.29 is 4.42 Å². The maximum absolute atomic E-state index is 5.92. The van der Waals surface area contributed by atoms with Gasteiger partial charge >= 0.3 is 0 Å². The first-order valence-corrected chi connectivity index (χ1v) is 8.56. The lowest BCUT2D eigenvalue weighted by Gasteiger charge is -2.37. The number of aryl methyl sites for hydroxylation is 1. The molecule has 1 saturated carbocycles. The molecule has 4 rings (SSSR count). The molecule has 3 heterocycles. The molecule has 1 N–H and O–H groups in total. The van der Waals surface area contributed by atoms with Gasteiger partial charge in [0.05, 0.1) is 6.54 Å². The quantitative estimate of drug-likeness (QED) is 0.900. The number of fused-ring (bicyclic) bond motifs is 1. The van der Waals surface area contributed by atoms with Crippen molar-refractivity contribution in [3.8, 4) is 0 Å². The first kappa shape index (κ1) is 13.8. The molecule has 1 aromatic heterocycles. The van der Waals surface area contributed by atoms with E-state index in [1.807, 2.05) is 0 Å². The van der Waals surface area contributed by atoms with Crippen molar-refractivity contribution >= 4 is 0 Å². The van der Waals surface area contributed by atoms with Crippen LogP contribution in [0.2, 0.25) is 0 Å². The standard InChI is InChI=1S/C17H27N3O/c1-13-14(9-17(21-13)10-18-15-4-5-15)11-19-7-8-20-6-2-3-16(20)12-19/h9,15-16,18H,2-8,10-12H2,1H3. The van der Waals surface area contributed by atoms with Crippen LogP contribution in [0.3, 0.4) is 0 Å². The zero-order valence-electron chi connectivity index (χ0n) is 13.1. The molecule has 116 valence electrons. The van der Waals surface area contributed by atoms with Crippen LogP contribution in [0.4, 0.5) is 0 Å². The predicted octanol–water partition coefficient (Wildman–Crippen LogP) is 2.12. The van der Waals surface area contributed by atoms with Crippen LogP contribution >= 0.6 is 0 Å². The molecule has 0 spiro atoms. The summed E-state index contributed by atoms with van der Waals surface area (Å²) in [7, 11) is 0. The highest BCUT2D eigenvalue weighted by molar-refractivity contribution is 5.21. The fourth-order valence-corrected chi connectivity index (χ4v) is 3.80. The number of furan rings is 1. The normalized spacial score (nSPS) is 27.2. The summed E-state index contributed by atoms with van der Waals surface area (Å²) in [5.41, 5.74) is 1.38. The topological polar surface area (TPSA) is 31.7 Å². The maximum atomic E-state index is 5.92. The smallest absolute Gasteiger partial charge is 0.118 e. The summed E-state index contributed by atoms with van der Waals surface area (Å²) in [5, 5.41) is 3.53. The molecular weight excluding hydrogens is 262 g/mol. The van der Waals surface area contributed by atoms with Crippen LogP contribution in [-0.2, 0) is 13.1 Å². The number of piperazine rings is 1. The summed E-state index contributed by atoms with van der Waals surface area (Å²) in [4.78, 5) is 5.28. The van der Waals surface area contributed by atoms with Crippen molar-refractivity contribution in [2.45, 2.75) is 57.8 Å². The molecule has 3 aliphatic rings. The van der Waals surface area contributed by atoms with E-state index in [1.165, 1.54) is 57.4 Å². The van der Waals surface area contributed by atoms with E-state index in [4.69, 9.17) is 4.42 Å². The van der Waals surface area contributed by atoms with E-state index in [2.05, 4.69) is 28.1 Å². The summed E-state index contributed by atoms with van der Waals surface area (Å²) in [6, 6.07) is 3.82. The lowest BCUT2D eigenvalue weighted by Crippen LogP contribution is -2.49. The minimum absolute atomic E-state index is 0.745. The Bertz CT molecular complexity index is 494. The Balaban J connectivity index is 1.35. The average Bonchev–Trinajstić information content (AvgIpc) is 3.08. The predicted molar refractivity (Wildman–Crippen MR) is 83.2 cm³/mol. The van der Waals surface area contributed by atoms with Crippen molar-refractivity contribution in [1.29, 1.82) is 0 Å². The van der Waals surface area contributed by atoms with Crippen molar-refractivity contribution in [3.05, 3.63) is 23.2 Å². The van der Waals surface area contributed by atoms with Crippen molar-refractivity contribution in [2.24, 2.45) is 0 Å². The fraction of sp³-hybridized carbons (Fsp3) is 0.765. The van der Waals surface area contributed by atoms with Crippen molar-refractivity contribution in [2.75, 3.05) is 26.2 Å². The second-order valence-electron chi connectivity index (χ2n) is 7.02. The minimum Gasteiger partial charge on any atom is -0.465 e. The molecule has 3 fully saturated rings. The Morgan fingerprint density at radius 3 is 3.00 bits per heavy atom. The Morgan fingerprint density at radius 2 is 2.14 bits per heavy atom. The highest BCUT2D eigenvalue weighted by atomic mass is 16.3. The van der Waals surface area contributed by atoms with Crippen LogP contribution in [0.15, 0.2) is 10.5 Å². The van der Waals surface area contributed by atoms with E-state index in [1.54, 1.807) is 0 Å². The van der Waals surface area contributed by atoms with Gasteiger partial charge in [-0.2, -0.15) is 0 Å². The zero-order chi connectivity index (χ0) is 14.2. The number of rotatable bonds is 5. The van der Waals surface area contributed by atoms with Crippen LogP contribution in [-0.4, -0.2) is 48.1 Å². The highest BCUT2D eigenvalue weighted by Gasteiger charge is 2.30. The van der Waals surface area contributed by atoms with Crippen LogP contribution < -0.4 is 5.32 Å². The van der Waals surface area contributed by atoms with E-state index in [-0.39, 0.29) is 0 Å². The van der Waals surface area contributed by atoms with Crippen molar-refractivity contribution in [1.82, 2.24) is 15.1 Å². The third kappa shape index (κ3) is 3.17. The van der Waals surface area contributed by atoms with Gasteiger partial charge in [0.25, 0.3) is 0 Å². The molecule has 0 amide bonds. The van der Waals surface area contributed by atoms with Crippen LogP contribution in [0, 0.1) is 6.92 Å². The fourth-order valence-electron chi connectivity index (χ4n) is 3.80. The zero-order valence-corrected chi connectivity index (χ0v) is 13.1. The lowest BCUT2D eigenvalue weighted by molar-refractivity contribution is 0.0990. The monoisotopic (exact) mass is 289 g/mol. The van der Waals surface area contributed by atoms with Gasteiger partial charge in [-0.25, -0.2) is 0 Å². The maximum Gasteiger partial charge on any atom is 0.118 e. The van der Waals surface area contributed by atoms with Gasteiger partial charge in [-0.1, -0.05) is 0 Å². The largest absolute Gasteiger partial charge is 0.465 e. The van der Waals surface area contributed by atoms with E-state index >= 15 is 0 Å². The molecular formula is C17H27N3O. The van der Waals surface area contributed by atoms with Gasteiger partial charge < -0.3 is 9.73 Å². The third-order valence-corrected chi connectivity index (χ3v) is 5.28. The Morgan fingerprint density at radius 1 is 1.24 bits per heavy atom. The molecule has 4 heteroatoms. The summed E-state index contributed by atoms with van der Waals surface area (Å²) in [5.74, 6) is 2.21. The first-order chi connectivity index (χ1) is 10.3. The molecule has 0 bridgehead atoms. The van der Waals surface area contributed by atoms with Gasteiger partial charge in [0.1, 0.15) is 11.5 Å². The summed E-state index contributed by atoms with van der Waals surface area (Å²) < 4.78 is 5.92. The van der Waals surface area contributed by atoms with Gasteiger partial charge in [-0.15, -0.1) is 0 Å². The highest BCUT2D eigenvalue weighted by Crippen LogP contribution is 2.25. The van der Waals surface area contributed by atoms with E-state index in [0.29, 0.717) is 0 Å². The first-order valence-electron chi connectivity index (χ1n) is 8.56. The molecule has 2 saturated heterocycles. The molecule has 1 unspecified atom stereocenters. The SMILES string of the molecule is Cc1oc(CNC2CC2)cc1CN1CCN2CCCC2C1. The van der Waals surface area contributed by atoms with Crippen molar-refractivity contribution in [3.63, 3.8) is 0 Å².